The van der Waals surface area contributed by atoms with Gasteiger partial charge in [0.1, 0.15) is 5.82 Å². The molecule has 0 saturated carbocycles. The van der Waals surface area contributed by atoms with E-state index in [0.29, 0.717) is 11.5 Å². The maximum absolute atomic E-state index is 12.9. The summed E-state index contributed by atoms with van der Waals surface area (Å²) in [6.07, 6.45) is 1.23. The summed E-state index contributed by atoms with van der Waals surface area (Å²) in [4.78, 5) is 3.42. The van der Waals surface area contributed by atoms with Gasteiger partial charge in [0.15, 0.2) is 0 Å². The largest absolute Gasteiger partial charge is 0.340 e. The van der Waals surface area contributed by atoms with Gasteiger partial charge in [0.25, 0.3) is 0 Å². The number of H-pyrrole nitrogens is 1. The van der Waals surface area contributed by atoms with Gasteiger partial charge in [0, 0.05) is 5.56 Å². The third-order valence-corrected chi connectivity index (χ3v) is 5.94. The normalized spacial score (nSPS) is 11.4. The fourth-order valence-corrected chi connectivity index (χ4v) is 4.60. The number of rotatable bonds is 5. The van der Waals surface area contributed by atoms with Crippen molar-refractivity contribution in [3.05, 3.63) is 96.6 Å². The fourth-order valence-electron chi connectivity index (χ4n) is 3.63. The second-order valence-corrected chi connectivity index (χ2v) is 8.77. The Morgan fingerprint density at radius 1 is 0.724 bits per heavy atom. The predicted molar refractivity (Wildman–Crippen MR) is 120 cm³/mol. The molecule has 0 unspecified atom stereocenters. The number of para-hydroxylation sites is 1. The van der Waals surface area contributed by atoms with E-state index >= 15 is 0 Å². The molecule has 0 aliphatic heterocycles. The van der Waals surface area contributed by atoms with Crippen LogP contribution in [-0.4, -0.2) is 19.7 Å². The Hall–Kier alpha value is -3.31. The zero-order valence-corrected chi connectivity index (χ0v) is 17.1. The first-order valence-electron chi connectivity index (χ1n) is 9.35. The highest BCUT2D eigenvalue weighted by molar-refractivity contribution is 7.92. The highest BCUT2D eigenvalue weighted by Crippen LogP contribution is 2.42. The Kier molecular flexibility index (Phi) is 4.99. The van der Waals surface area contributed by atoms with Crippen molar-refractivity contribution < 1.29 is 8.42 Å². The average molecular weight is 403 g/mol. The molecule has 29 heavy (non-hydrogen) atoms. The van der Waals surface area contributed by atoms with E-state index in [4.69, 9.17) is 0 Å². The van der Waals surface area contributed by atoms with E-state index in [1.807, 2.05) is 85.8 Å². The standard InChI is InChI=1S/C24H22N2O2S/c1-18-22(19-12-6-3-7-13-19)24(25-23(18)20-14-8-4-9-15-20)26(29(2,27)28)21-16-10-5-11-17-21/h3-17,25H,1-2H3. The Balaban J connectivity index is 2.04. The number of benzene rings is 3. The van der Waals surface area contributed by atoms with Crippen LogP contribution in [0.5, 0.6) is 0 Å². The minimum absolute atomic E-state index is 0.543. The number of aromatic amines is 1. The summed E-state index contributed by atoms with van der Waals surface area (Å²) in [5.41, 5.74) is 5.34. The highest BCUT2D eigenvalue weighted by atomic mass is 32.2. The molecule has 1 heterocycles. The molecule has 5 heteroatoms. The summed E-state index contributed by atoms with van der Waals surface area (Å²) in [6.45, 7) is 2.02. The molecule has 0 saturated heterocycles. The van der Waals surface area contributed by atoms with E-state index in [1.165, 1.54) is 10.6 Å². The second kappa shape index (κ2) is 7.60. The minimum Gasteiger partial charge on any atom is -0.340 e. The predicted octanol–water partition coefficient (Wildman–Crippen LogP) is 5.75. The average Bonchev–Trinajstić information content (AvgIpc) is 3.05. The van der Waals surface area contributed by atoms with Crippen molar-refractivity contribution in [3.63, 3.8) is 0 Å². The third kappa shape index (κ3) is 3.69. The van der Waals surface area contributed by atoms with Crippen LogP contribution in [0.25, 0.3) is 22.4 Å². The fraction of sp³-hybridized carbons (Fsp3) is 0.0833. The van der Waals surface area contributed by atoms with Crippen molar-refractivity contribution in [1.82, 2.24) is 4.98 Å². The molecule has 0 aliphatic rings. The van der Waals surface area contributed by atoms with Gasteiger partial charge < -0.3 is 4.98 Å². The molecule has 0 aliphatic carbocycles. The topological polar surface area (TPSA) is 53.2 Å². The Morgan fingerprint density at radius 2 is 1.21 bits per heavy atom. The van der Waals surface area contributed by atoms with Crippen molar-refractivity contribution in [2.75, 3.05) is 10.6 Å². The Labute approximate surface area is 171 Å². The van der Waals surface area contributed by atoms with Crippen LogP contribution in [0.1, 0.15) is 5.56 Å². The zero-order chi connectivity index (χ0) is 20.4. The number of aromatic nitrogens is 1. The molecule has 0 spiro atoms. The smallest absolute Gasteiger partial charge is 0.237 e. The molecule has 0 amide bonds. The van der Waals surface area contributed by atoms with Crippen LogP contribution in [0.15, 0.2) is 91.0 Å². The number of nitrogens with one attached hydrogen (secondary N) is 1. The van der Waals surface area contributed by atoms with E-state index in [2.05, 4.69) is 4.98 Å². The molecule has 0 bridgehead atoms. The second-order valence-electron chi connectivity index (χ2n) is 6.94. The van der Waals surface area contributed by atoms with Gasteiger partial charge in [-0.2, -0.15) is 0 Å². The van der Waals surface area contributed by atoms with Crippen LogP contribution < -0.4 is 4.31 Å². The first-order valence-corrected chi connectivity index (χ1v) is 11.2. The van der Waals surface area contributed by atoms with E-state index < -0.39 is 10.0 Å². The monoisotopic (exact) mass is 402 g/mol. The third-order valence-electron chi connectivity index (χ3n) is 4.88. The van der Waals surface area contributed by atoms with Gasteiger partial charge in [-0.25, -0.2) is 12.7 Å². The van der Waals surface area contributed by atoms with Gasteiger partial charge in [-0.1, -0.05) is 78.9 Å². The SMILES string of the molecule is Cc1c(-c2ccccc2)[nH]c(N(c2ccccc2)S(C)(=O)=O)c1-c1ccccc1. The summed E-state index contributed by atoms with van der Waals surface area (Å²) < 4.78 is 27.1. The van der Waals surface area contributed by atoms with Gasteiger partial charge >= 0.3 is 0 Å². The van der Waals surface area contributed by atoms with Crippen molar-refractivity contribution in [2.45, 2.75) is 6.92 Å². The van der Waals surface area contributed by atoms with Crippen LogP contribution in [0.4, 0.5) is 11.5 Å². The summed E-state index contributed by atoms with van der Waals surface area (Å²) in [7, 11) is -3.59. The van der Waals surface area contributed by atoms with Gasteiger partial charge in [0.05, 0.1) is 17.6 Å². The lowest BCUT2D eigenvalue weighted by Crippen LogP contribution is -2.25. The van der Waals surface area contributed by atoms with Crippen molar-refractivity contribution in [2.24, 2.45) is 0 Å². The maximum atomic E-state index is 12.9. The van der Waals surface area contributed by atoms with Gasteiger partial charge in [-0.15, -0.1) is 0 Å². The van der Waals surface area contributed by atoms with Crippen LogP contribution in [-0.2, 0) is 10.0 Å². The first kappa shape index (κ1) is 19.0. The zero-order valence-electron chi connectivity index (χ0n) is 16.3. The van der Waals surface area contributed by atoms with E-state index in [1.54, 1.807) is 12.1 Å². The molecular weight excluding hydrogens is 380 g/mol. The van der Waals surface area contributed by atoms with Crippen molar-refractivity contribution >= 4 is 21.5 Å². The summed E-state index contributed by atoms with van der Waals surface area (Å²) in [6, 6.07) is 29.0. The van der Waals surface area contributed by atoms with Crippen LogP contribution >= 0.6 is 0 Å². The molecule has 3 aromatic carbocycles. The molecule has 0 radical (unpaired) electrons. The van der Waals surface area contributed by atoms with E-state index in [9.17, 15) is 8.42 Å². The van der Waals surface area contributed by atoms with Gasteiger partial charge in [-0.05, 0) is 35.7 Å². The Morgan fingerprint density at radius 3 is 1.72 bits per heavy atom. The molecular formula is C24H22N2O2S. The summed E-state index contributed by atoms with van der Waals surface area (Å²) in [5, 5.41) is 0. The number of sulfonamides is 1. The molecule has 4 rings (SSSR count). The molecule has 146 valence electrons. The minimum atomic E-state index is -3.59. The van der Waals surface area contributed by atoms with Crippen LogP contribution in [0.3, 0.4) is 0 Å². The highest BCUT2D eigenvalue weighted by Gasteiger charge is 2.27. The quantitative estimate of drug-likeness (QED) is 0.462. The van der Waals surface area contributed by atoms with Crippen LogP contribution in [0.2, 0.25) is 0 Å². The molecule has 0 atom stereocenters. The molecule has 1 N–H and O–H groups in total. The number of hydrogen-bond donors (Lipinski definition) is 1. The lowest BCUT2D eigenvalue weighted by Gasteiger charge is -2.23. The first-order chi connectivity index (χ1) is 14.0. The lowest BCUT2D eigenvalue weighted by atomic mass is 10.0. The number of nitrogens with zero attached hydrogens (tertiary/aromatic N) is 1. The van der Waals surface area contributed by atoms with Crippen molar-refractivity contribution in [3.8, 4) is 22.4 Å². The number of anilines is 2. The summed E-state index contributed by atoms with van der Waals surface area (Å²) in [5.74, 6) is 0.543. The molecule has 4 aromatic rings. The van der Waals surface area contributed by atoms with Gasteiger partial charge in [0.2, 0.25) is 10.0 Å². The Bertz CT molecular complexity index is 1220. The van der Waals surface area contributed by atoms with Gasteiger partial charge in [-0.3, -0.25) is 0 Å². The van der Waals surface area contributed by atoms with Crippen LogP contribution in [0, 0.1) is 6.92 Å². The maximum Gasteiger partial charge on any atom is 0.237 e. The van der Waals surface area contributed by atoms with E-state index in [0.717, 1.165) is 27.9 Å². The molecule has 4 nitrogen and oxygen atoms in total. The van der Waals surface area contributed by atoms with E-state index in [-0.39, 0.29) is 0 Å². The number of hydrogen-bond acceptors (Lipinski definition) is 2. The lowest BCUT2D eigenvalue weighted by molar-refractivity contribution is 0.602. The molecule has 1 aromatic heterocycles. The van der Waals surface area contributed by atoms with Crippen molar-refractivity contribution in [1.29, 1.82) is 0 Å². The molecule has 0 fully saturated rings. The summed E-state index contributed by atoms with van der Waals surface area (Å²) >= 11 is 0.